The maximum Gasteiger partial charge on any atom is 0.305 e. The molecule has 0 aromatic carbocycles. The fourth-order valence-electron chi connectivity index (χ4n) is 0.515. The minimum Gasteiger partial charge on any atom is -0.481 e. The van der Waals surface area contributed by atoms with E-state index in [4.69, 9.17) is 15.3 Å². The van der Waals surface area contributed by atoms with E-state index in [2.05, 4.69) is 9.47 Å². The van der Waals surface area contributed by atoms with E-state index in [0.29, 0.717) is 12.8 Å². The Kier molecular flexibility index (Phi) is 23.9. The number of aliphatic hydroxyl groups excluding tert-OH is 2. The summed E-state index contributed by atoms with van der Waals surface area (Å²) in [6.07, 6.45) is 0.920. The summed E-state index contributed by atoms with van der Waals surface area (Å²) in [5.74, 6) is -1.30. The molecule has 0 aromatic rings. The Morgan fingerprint density at radius 1 is 0.762 bits per heavy atom. The molecule has 0 heterocycles. The van der Waals surface area contributed by atoms with Gasteiger partial charge in [0.1, 0.15) is 13.2 Å². The van der Waals surface area contributed by atoms with Gasteiger partial charge in [-0.25, -0.2) is 0 Å². The zero-order valence-corrected chi connectivity index (χ0v) is 12.8. The minimum absolute atomic E-state index is 0.125. The van der Waals surface area contributed by atoms with Crippen LogP contribution in [0.4, 0.5) is 0 Å². The molecule has 0 aliphatic carbocycles. The van der Waals surface area contributed by atoms with E-state index in [1.807, 2.05) is 0 Å². The highest BCUT2D eigenvalue weighted by atomic mass is 16.6. The highest BCUT2D eigenvalue weighted by molar-refractivity contribution is 5.69. The first-order chi connectivity index (χ1) is 9.89. The topological polar surface area (TPSA) is 130 Å². The van der Waals surface area contributed by atoms with Crippen molar-refractivity contribution in [2.24, 2.45) is 0 Å². The highest BCUT2D eigenvalue weighted by Crippen LogP contribution is 1.87. The average molecular weight is 310 g/mol. The number of hydrogen-bond acceptors (Lipinski definition) is 7. The number of ether oxygens (including phenoxy) is 2. The van der Waals surface area contributed by atoms with Crippen LogP contribution in [-0.4, -0.2) is 59.7 Å². The van der Waals surface area contributed by atoms with Crippen molar-refractivity contribution in [3.05, 3.63) is 0 Å². The molecule has 126 valence electrons. The number of aliphatic carboxylic acids is 1. The van der Waals surface area contributed by atoms with E-state index in [1.54, 1.807) is 20.8 Å². The van der Waals surface area contributed by atoms with Crippen molar-refractivity contribution < 1.29 is 39.2 Å². The molecule has 0 amide bonds. The lowest BCUT2D eigenvalue weighted by atomic mass is 10.5. The lowest BCUT2D eigenvalue weighted by molar-refractivity contribution is -0.151. The first-order valence-corrected chi connectivity index (χ1v) is 6.64. The number of carbonyl (C=O) groups is 3. The largest absolute Gasteiger partial charge is 0.481 e. The third kappa shape index (κ3) is 32.2. The molecule has 0 saturated carbocycles. The summed E-state index contributed by atoms with van der Waals surface area (Å²) < 4.78 is 9.34. The zero-order valence-electron chi connectivity index (χ0n) is 12.8. The molecule has 0 aromatic heterocycles. The van der Waals surface area contributed by atoms with Crippen molar-refractivity contribution in [1.82, 2.24) is 0 Å². The molecule has 0 bridgehead atoms. The predicted molar refractivity (Wildman–Crippen MR) is 74.6 cm³/mol. The Morgan fingerprint density at radius 3 is 1.19 bits per heavy atom. The van der Waals surface area contributed by atoms with Gasteiger partial charge in [-0.3, -0.25) is 14.4 Å². The molecular weight excluding hydrogens is 284 g/mol. The van der Waals surface area contributed by atoms with Gasteiger partial charge in [0.05, 0.1) is 13.2 Å². The molecule has 0 rings (SSSR count). The number of carboxylic acids is 1. The molecule has 0 atom stereocenters. The summed E-state index contributed by atoms with van der Waals surface area (Å²) >= 11 is 0. The van der Waals surface area contributed by atoms with Gasteiger partial charge in [-0.15, -0.1) is 0 Å². The van der Waals surface area contributed by atoms with Crippen molar-refractivity contribution in [2.45, 2.75) is 40.0 Å². The van der Waals surface area contributed by atoms with Crippen molar-refractivity contribution in [3.8, 4) is 0 Å². The van der Waals surface area contributed by atoms with Gasteiger partial charge in [0.15, 0.2) is 0 Å². The molecule has 8 nitrogen and oxygen atoms in total. The van der Waals surface area contributed by atoms with E-state index >= 15 is 0 Å². The Morgan fingerprint density at radius 2 is 1.05 bits per heavy atom. The van der Waals surface area contributed by atoms with Crippen molar-refractivity contribution >= 4 is 17.9 Å². The maximum atomic E-state index is 10.6. The van der Waals surface area contributed by atoms with Crippen LogP contribution < -0.4 is 0 Å². The van der Waals surface area contributed by atoms with Crippen LogP contribution in [0.2, 0.25) is 0 Å². The van der Waals surface area contributed by atoms with Crippen molar-refractivity contribution in [3.63, 3.8) is 0 Å². The smallest absolute Gasteiger partial charge is 0.305 e. The van der Waals surface area contributed by atoms with Crippen LogP contribution in [0.5, 0.6) is 0 Å². The van der Waals surface area contributed by atoms with Crippen LogP contribution >= 0.6 is 0 Å². The van der Waals surface area contributed by atoms with Crippen LogP contribution in [0, 0.1) is 0 Å². The second-order valence-corrected chi connectivity index (χ2v) is 3.34. The molecule has 0 saturated heterocycles. The Balaban J connectivity index is -0.000000297. The third-order valence-corrected chi connectivity index (χ3v) is 1.59. The van der Waals surface area contributed by atoms with E-state index in [0.717, 1.165) is 0 Å². The van der Waals surface area contributed by atoms with E-state index in [9.17, 15) is 14.4 Å². The zero-order chi connectivity index (χ0) is 17.1. The van der Waals surface area contributed by atoms with Crippen LogP contribution in [0.3, 0.4) is 0 Å². The molecule has 0 spiro atoms. The van der Waals surface area contributed by atoms with Gasteiger partial charge < -0.3 is 24.8 Å². The standard InChI is InChI=1S/C8H14O4.C3H6O2.C2H6O2/c1-3-7(9)11-5-6-12-8(10)4-2;1-2-3(4)5;3-1-2-4/h3-6H2,1-2H3;2H2,1H3,(H,4,5);3-4H,1-2H2. The Hall–Kier alpha value is -1.67. The second kappa shape index (κ2) is 20.6. The lowest BCUT2D eigenvalue weighted by Crippen LogP contribution is -2.12. The molecule has 3 N–H and O–H groups in total. The summed E-state index contributed by atoms with van der Waals surface area (Å²) in [5, 5.41) is 23.0. The lowest BCUT2D eigenvalue weighted by Gasteiger charge is -2.03. The number of rotatable bonds is 7. The molecular formula is C13H26O8. The van der Waals surface area contributed by atoms with E-state index in [-0.39, 0.29) is 44.8 Å². The fourth-order valence-corrected chi connectivity index (χ4v) is 0.515. The molecule has 0 radical (unpaired) electrons. The van der Waals surface area contributed by atoms with Gasteiger partial charge in [0.2, 0.25) is 0 Å². The van der Waals surface area contributed by atoms with Gasteiger partial charge in [-0.05, 0) is 0 Å². The predicted octanol–water partition coefficient (Wildman–Crippen LogP) is 0.345. The van der Waals surface area contributed by atoms with Gasteiger partial charge >= 0.3 is 17.9 Å². The molecule has 0 aliphatic rings. The average Bonchev–Trinajstić information content (AvgIpc) is 2.51. The quantitative estimate of drug-likeness (QED) is 0.453. The number of hydrogen-bond donors (Lipinski definition) is 3. The third-order valence-electron chi connectivity index (χ3n) is 1.59. The normalized spacial score (nSPS) is 8.43. The van der Waals surface area contributed by atoms with Crippen molar-refractivity contribution in [1.29, 1.82) is 0 Å². The van der Waals surface area contributed by atoms with Crippen LogP contribution in [0.15, 0.2) is 0 Å². The van der Waals surface area contributed by atoms with Gasteiger partial charge in [-0.1, -0.05) is 20.8 Å². The van der Waals surface area contributed by atoms with Gasteiger partial charge in [0, 0.05) is 19.3 Å². The highest BCUT2D eigenvalue weighted by Gasteiger charge is 2.00. The fraction of sp³-hybridized carbons (Fsp3) is 0.769. The summed E-state index contributed by atoms with van der Waals surface area (Å²) in [6.45, 7) is 5.07. The first-order valence-electron chi connectivity index (χ1n) is 6.64. The summed E-state index contributed by atoms with van der Waals surface area (Å²) in [5.41, 5.74) is 0. The Bertz CT molecular complexity index is 245. The molecule has 21 heavy (non-hydrogen) atoms. The Labute approximate surface area is 124 Å². The monoisotopic (exact) mass is 310 g/mol. The van der Waals surface area contributed by atoms with E-state index in [1.165, 1.54) is 0 Å². The summed E-state index contributed by atoms with van der Waals surface area (Å²) in [6, 6.07) is 0. The summed E-state index contributed by atoms with van der Waals surface area (Å²) in [7, 11) is 0. The minimum atomic E-state index is -0.745. The molecule has 0 aliphatic heterocycles. The van der Waals surface area contributed by atoms with Gasteiger partial charge in [-0.2, -0.15) is 0 Å². The SMILES string of the molecule is CCC(=O)O.CCC(=O)OCCOC(=O)CC.OCCO. The van der Waals surface area contributed by atoms with Gasteiger partial charge in [0.25, 0.3) is 0 Å². The van der Waals surface area contributed by atoms with Crippen molar-refractivity contribution in [2.75, 3.05) is 26.4 Å². The van der Waals surface area contributed by atoms with E-state index < -0.39 is 5.97 Å². The van der Waals surface area contributed by atoms with Crippen LogP contribution in [0.1, 0.15) is 40.0 Å². The maximum absolute atomic E-state index is 10.6. The molecule has 0 unspecified atom stereocenters. The van der Waals surface area contributed by atoms with Crippen LogP contribution in [-0.2, 0) is 23.9 Å². The number of esters is 2. The molecule has 0 fully saturated rings. The number of carbonyl (C=O) groups excluding carboxylic acids is 2. The molecule has 8 heteroatoms. The number of aliphatic hydroxyl groups is 2. The first kappa shape index (κ1) is 24.4. The second-order valence-electron chi connectivity index (χ2n) is 3.34. The number of carboxylic acid groups (broad SMARTS) is 1. The van der Waals surface area contributed by atoms with Crippen LogP contribution in [0.25, 0.3) is 0 Å². The summed E-state index contributed by atoms with van der Waals surface area (Å²) in [4.78, 5) is 30.5.